The Kier molecular flexibility index (Phi) is 12.3. The number of aryl methyl sites for hydroxylation is 1. The summed E-state index contributed by atoms with van der Waals surface area (Å²) >= 11 is 1.92. The van der Waals surface area contributed by atoms with Gasteiger partial charge in [-0.1, -0.05) is 6.92 Å². The Morgan fingerprint density at radius 3 is 2.40 bits per heavy atom. The molecule has 3 aliphatic rings. The molecule has 0 amide bonds. The van der Waals surface area contributed by atoms with Crippen LogP contribution in [0.1, 0.15) is 79.2 Å². The number of ether oxygens (including phenoxy) is 1. The topological polar surface area (TPSA) is 35.9 Å². The van der Waals surface area contributed by atoms with Gasteiger partial charge in [0.1, 0.15) is 0 Å². The van der Waals surface area contributed by atoms with Crippen molar-refractivity contribution in [2.24, 2.45) is 0 Å². The quantitative estimate of drug-likeness (QED) is 0.153. The van der Waals surface area contributed by atoms with Crippen molar-refractivity contribution in [1.29, 1.82) is 0 Å². The van der Waals surface area contributed by atoms with Gasteiger partial charge in [-0.3, -0.25) is 0 Å². The third kappa shape index (κ3) is 8.77. The number of anilines is 2. The summed E-state index contributed by atoms with van der Waals surface area (Å²) in [5.41, 5.74) is 14.9. The molecule has 1 fully saturated rings. The minimum atomic E-state index is 0.328. The molecule has 6 radical (unpaired) electrons. The van der Waals surface area contributed by atoms with E-state index in [1.165, 1.54) is 51.8 Å². The van der Waals surface area contributed by atoms with E-state index in [2.05, 4.69) is 111 Å². The molecule has 4 nitrogen and oxygen atoms in total. The van der Waals surface area contributed by atoms with E-state index in [0.29, 0.717) is 11.7 Å². The molecule has 0 aromatic heterocycles. The van der Waals surface area contributed by atoms with Crippen molar-refractivity contribution >= 4 is 79.6 Å². The van der Waals surface area contributed by atoms with Crippen molar-refractivity contribution < 1.29 is 9.84 Å². The molecule has 0 saturated heterocycles. The van der Waals surface area contributed by atoms with Crippen molar-refractivity contribution in [2.45, 2.75) is 61.8 Å². The van der Waals surface area contributed by atoms with E-state index in [1.807, 2.05) is 25.1 Å². The van der Waals surface area contributed by atoms with Gasteiger partial charge in [0, 0.05) is 0 Å². The van der Waals surface area contributed by atoms with Gasteiger partial charge in [-0.25, -0.2) is 0 Å². The third-order valence-electron chi connectivity index (χ3n) is 9.78. The zero-order chi connectivity index (χ0) is 35.4. The Morgan fingerprint density at radius 1 is 0.940 bits per heavy atom. The van der Waals surface area contributed by atoms with Crippen LogP contribution in [0, 0.1) is 0 Å². The number of allylic oxidation sites excluding steroid dienone is 11. The zero-order valence-corrected chi connectivity index (χ0v) is 37.9. The number of fused-ring (bicyclic) bond motifs is 1. The fraction of sp³-hybridized carbons (Fsp3) is 0.318. The molecule has 2 aliphatic carbocycles. The van der Waals surface area contributed by atoms with E-state index in [1.54, 1.807) is 0 Å². The van der Waals surface area contributed by atoms with Crippen LogP contribution in [0.25, 0.3) is 16.7 Å². The zero-order valence-electron chi connectivity index (χ0n) is 30.1. The molecule has 1 saturated carbocycles. The van der Waals surface area contributed by atoms with Gasteiger partial charge >= 0.3 is 327 Å². The summed E-state index contributed by atoms with van der Waals surface area (Å²) in [6.45, 7) is 2.28. The number of nitrogens with zero attached hydrogens (tertiary/aromatic N) is 2. The van der Waals surface area contributed by atoms with Gasteiger partial charge in [0.15, 0.2) is 0 Å². The number of hydrogen-bond acceptors (Lipinski definition) is 4. The van der Waals surface area contributed by atoms with E-state index < -0.39 is 0 Å². The summed E-state index contributed by atoms with van der Waals surface area (Å²) in [5, 5.41) is 11.1. The maximum absolute atomic E-state index is 11.1. The molecule has 3 aromatic rings. The van der Waals surface area contributed by atoms with E-state index >= 15 is 0 Å². The van der Waals surface area contributed by atoms with Crippen molar-refractivity contribution in [3.05, 3.63) is 133 Å². The number of aromatic hydroxyl groups is 1. The van der Waals surface area contributed by atoms with Gasteiger partial charge in [0.2, 0.25) is 0 Å². The molecule has 0 unspecified atom stereocenters. The Labute approximate surface area is 331 Å². The first-order valence-corrected chi connectivity index (χ1v) is 22.6. The van der Waals surface area contributed by atoms with E-state index in [-0.39, 0.29) is 0 Å². The van der Waals surface area contributed by atoms with Crippen LogP contribution in [0.2, 0.25) is 3.98 Å². The van der Waals surface area contributed by atoms with Crippen LogP contribution >= 0.6 is 0 Å². The van der Waals surface area contributed by atoms with Crippen LogP contribution < -0.4 is 14.5 Å². The van der Waals surface area contributed by atoms with Crippen LogP contribution in [-0.4, -0.2) is 84.8 Å². The number of hydrogen-bond donors (Lipinski definition) is 1. The minimum absolute atomic E-state index is 0.328. The fourth-order valence-electron chi connectivity index (χ4n) is 7.00. The molecular formula is C44H48N2O2Pb2. The summed E-state index contributed by atoms with van der Waals surface area (Å²) in [6, 6.07) is 20.0. The first kappa shape index (κ1) is 36.9. The molecule has 1 aliphatic heterocycles. The summed E-state index contributed by atoms with van der Waals surface area (Å²) < 4.78 is 8.33. The maximum atomic E-state index is 11.1. The second-order valence-corrected chi connectivity index (χ2v) is 17.5. The van der Waals surface area contributed by atoms with Gasteiger partial charge in [-0.05, 0) is 0 Å². The Morgan fingerprint density at radius 2 is 1.70 bits per heavy atom. The first-order valence-electron chi connectivity index (χ1n) is 17.9. The van der Waals surface area contributed by atoms with Crippen LogP contribution in [0.4, 0.5) is 11.4 Å². The summed E-state index contributed by atoms with van der Waals surface area (Å²) in [7, 11) is 8.16. The summed E-state index contributed by atoms with van der Waals surface area (Å²) in [5.74, 6) is 1.97. The average Bonchev–Trinajstić information content (AvgIpc) is 3.95. The Bertz CT molecular complexity index is 1940. The number of phenolic OH excluding ortho intramolecular Hbond substituents is 1. The number of benzene rings is 3. The first-order chi connectivity index (χ1) is 24.1. The van der Waals surface area contributed by atoms with Gasteiger partial charge in [0.05, 0.1) is 0 Å². The van der Waals surface area contributed by atoms with Gasteiger partial charge in [-0.2, -0.15) is 0 Å². The molecule has 50 heavy (non-hydrogen) atoms. The van der Waals surface area contributed by atoms with Crippen molar-refractivity contribution in [3.8, 4) is 11.5 Å². The van der Waals surface area contributed by atoms with E-state index in [9.17, 15) is 5.11 Å². The molecule has 3 aromatic carbocycles. The van der Waals surface area contributed by atoms with Crippen molar-refractivity contribution in [2.75, 3.05) is 38.0 Å². The molecule has 6 rings (SSSR count). The van der Waals surface area contributed by atoms with Crippen LogP contribution in [0.15, 0.2) is 106 Å². The predicted molar refractivity (Wildman–Crippen MR) is 215 cm³/mol. The summed E-state index contributed by atoms with van der Waals surface area (Å²) in [4.78, 5) is 4.15. The number of phenols is 1. The normalized spacial score (nSPS) is 18.1. The molecule has 254 valence electrons. The second kappa shape index (κ2) is 16.7. The molecule has 0 spiro atoms. The van der Waals surface area contributed by atoms with Crippen LogP contribution in [-0.2, 0) is 6.42 Å². The standard InChI is InChI=1S/C44H48N2O2.2Pb/c1-7-10-30-25-36(32-14-15-32)27-37(26-30)44-34(17-13-31(8-2)40-21-19-38(45(3)4)28-42(40)47)11-9-12-35(44)18-16-33-23-24-48-43-29-39(46(5)6)20-22-41(33)43;;/h8,13,16-23,25-29,32,47H,2,7,9-12,14-15H2,1,3-6H3;;/b17-13+,31-8-,33-16+,35-18+;;. The van der Waals surface area contributed by atoms with Gasteiger partial charge in [-0.15, -0.1) is 0 Å². The average molecular weight is 1050 g/mol. The third-order valence-corrected chi connectivity index (χ3v) is 11.5. The summed E-state index contributed by atoms with van der Waals surface area (Å²) in [6.07, 6.45) is 21.9. The number of rotatable bonds is 11. The van der Waals surface area contributed by atoms with E-state index in [0.717, 1.165) is 125 Å². The van der Waals surface area contributed by atoms with Gasteiger partial charge < -0.3 is 0 Å². The molecular weight excluding hydrogens is 1000 g/mol. The van der Waals surface area contributed by atoms with Gasteiger partial charge in [0.25, 0.3) is 0 Å². The second-order valence-electron chi connectivity index (χ2n) is 14.0. The molecule has 1 N–H and O–H groups in total. The Balaban J connectivity index is 1.48. The molecule has 0 atom stereocenters. The molecule has 0 bridgehead atoms. The molecule has 6 heteroatoms. The van der Waals surface area contributed by atoms with E-state index in [4.69, 9.17) is 4.74 Å². The van der Waals surface area contributed by atoms with Crippen LogP contribution in [0.3, 0.4) is 0 Å². The van der Waals surface area contributed by atoms with Crippen molar-refractivity contribution in [1.82, 2.24) is 0 Å². The fourth-order valence-corrected chi connectivity index (χ4v) is 8.88. The van der Waals surface area contributed by atoms with Crippen molar-refractivity contribution in [3.63, 3.8) is 0 Å². The molecule has 1 heterocycles. The SMILES string of the molecule is CCCc1cc(C2=C(/C=C/C(=C/[CH2][Pb])c3ccc(N(C)C)cc3O)CCC/C2=C\C=C2/C=[C]([Pb])Oc3cc(N(C)C)ccc32)cc(C2CC2)c1. The van der Waals surface area contributed by atoms with Crippen LogP contribution in [0.5, 0.6) is 11.5 Å². The predicted octanol–water partition coefficient (Wildman–Crippen LogP) is 9.93. The monoisotopic (exact) mass is 1050 g/mol. The Hall–Kier alpha value is -2.86.